The van der Waals surface area contributed by atoms with E-state index in [1.807, 2.05) is 17.1 Å². The predicted molar refractivity (Wildman–Crippen MR) is 88.9 cm³/mol. The van der Waals surface area contributed by atoms with Gasteiger partial charge in [-0.25, -0.2) is 4.98 Å². The number of ether oxygens (including phenoxy) is 1. The van der Waals surface area contributed by atoms with Crippen molar-refractivity contribution in [3.63, 3.8) is 0 Å². The Morgan fingerprint density at radius 2 is 2.13 bits per heavy atom. The summed E-state index contributed by atoms with van der Waals surface area (Å²) in [4.78, 5) is 4.64. The monoisotopic (exact) mass is 317 g/mol. The van der Waals surface area contributed by atoms with Crippen LogP contribution in [-0.2, 0) is 24.4 Å². The minimum Gasteiger partial charge on any atom is -0.381 e. The van der Waals surface area contributed by atoms with Crippen LogP contribution in [0.5, 0.6) is 0 Å². The fourth-order valence-electron chi connectivity index (χ4n) is 3.28. The molecule has 0 saturated carbocycles. The molecular formula is C17H27N5O. The summed E-state index contributed by atoms with van der Waals surface area (Å²) in [5.41, 5.74) is 1.22. The second-order valence-electron chi connectivity index (χ2n) is 6.08. The molecule has 2 aromatic rings. The lowest BCUT2D eigenvalue weighted by Gasteiger charge is -2.31. The largest absolute Gasteiger partial charge is 0.381 e. The van der Waals surface area contributed by atoms with Crippen LogP contribution in [0.15, 0.2) is 24.8 Å². The zero-order chi connectivity index (χ0) is 16.1. The molecule has 23 heavy (non-hydrogen) atoms. The molecule has 6 heteroatoms. The van der Waals surface area contributed by atoms with Crippen molar-refractivity contribution in [2.24, 2.45) is 5.92 Å². The molecule has 0 spiro atoms. The van der Waals surface area contributed by atoms with Gasteiger partial charge in [0.25, 0.3) is 0 Å². The first-order chi connectivity index (χ1) is 11.3. The maximum Gasteiger partial charge on any atom is 0.126 e. The first-order valence-electron chi connectivity index (χ1n) is 8.65. The molecule has 1 saturated heterocycles. The van der Waals surface area contributed by atoms with E-state index >= 15 is 0 Å². The van der Waals surface area contributed by atoms with Crippen LogP contribution in [-0.4, -0.2) is 32.5 Å². The van der Waals surface area contributed by atoms with Crippen LogP contribution in [0.2, 0.25) is 0 Å². The quantitative estimate of drug-likeness (QED) is 0.852. The Morgan fingerprint density at radius 3 is 2.83 bits per heavy atom. The normalized spacial score (nSPS) is 17.5. The van der Waals surface area contributed by atoms with Gasteiger partial charge < -0.3 is 14.6 Å². The average Bonchev–Trinajstić information content (AvgIpc) is 3.25. The minimum absolute atomic E-state index is 0.263. The molecule has 2 aromatic heterocycles. The maximum atomic E-state index is 5.54. The molecule has 3 heterocycles. The van der Waals surface area contributed by atoms with Crippen LogP contribution in [0.1, 0.15) is 44.1 Å². The van der Waals surface area contributed by atoms with Crippen molar-refractivity contribution in [1.29, 1.82) is 0 Å². The van der Waals surface area contributed by atoms with Crippen LogP contribution in [0.4, 0.5) is 0 Å². The number of nitrogens with zero attached hydrogens (tertiary/aromatic N) is 4. The number of rotatable bonds is 7. The van der Waals surface area contributed by atoms with Crippen LogP contribution in [0.3, 0.4) is 0 Å². The summed E-state index contributed by atoms with van der Waals surface area (Å²) >= 11 is 0. The van der Waals surface area contributed by atoms with Crippen molar-refractivity contribution in [2.45, 2.75) is 52.4 Å². The Balaban J connectivity index is 1.74. The van der Waals surface area contributed by atoms with Gasteiger partial charge in [0.2, 0.25) is 0 Å². The third-order valence-corrected chi connectivity index (χ3v) is 4.64. The highest BCUT2D eigenvalue weighted by molar-refractivity contribution is 5.07. The molecule has 0 radical (unpaired) electrons. The Labute approximate surface area is 137 Å². The van der Waals surface area contributed by atoms with Gasteiger partial charge in [0, 0.05) is 57.0 Å². The van der Waals surface area contributed by atoms with Crippen LogP contribution >= 0.6 is 0 Å². The summed E-state index contributed by atoms with van der Waals surface area (Å²) in [6, 6.07) is 0.263. The molecule has 1 unspecified atom stereocenters. The smallest absolute Gasteiger partial charge is 0.126 e. The summed E-state index contributed by atoms with van der Waals surface area (Å²) in [6.45, 7) is 8.64. The Morgan fingerprint density at radius 1 is 1.30 bits per heavy atom. The fourth-order valence-corrected chi connectivity index (χ4v) is 3.28. The summed E-state index contributed by atoms with van der Waals surface area (Å²) in [6.07, 6.45) is 10.2. The first-order valence-corrected chi connectivity index (χ1v) is 8.65. The van der Waals surface area contributed by atoms with E-state index in [4.69, 9.17) is 4.74 Å². The molecule has 0 aliphatic carbocycles. The zero-order valence-electron chi connectivity index (χ0n) is 14.1. The van der Waals surface area contributed by atoms with Crippen LogP contribution in [0.25, 0.3) is 0 Å². The number of aryl methyl sites for hydroxylation is 2. The first kappa shape index (κ1) is 16.2. The van der Waals surface area contributed by atoms with Gasteiger partial charge in [-0.2, -0.15) is 5.10 Å². The lowest BCUT2D eigenvalue weighted by atomic mass is 9.91. The standard InChI is InChI=1S/C17H27N5O/c1-3-21-8-7-18-17(21)16(15-5-9-23-10-6-15)19-11-14-12-20-22(4-2)13-14/h7-8,12-13,15-16,19H,3-6,9-11H2,1-2H3. The maximum absolute atomic E-state index is 5.54. The molecule has 0 bridgehead atoms. The third kappa shape index (κ3) is 3.82. The van der Waals surface area contributed by atoms with E-state index in [0.717, 1.165) is 51.5 Å². The number of hydrogen-bond donors (Lipinski definition) is 1. The number of aromatic nitrogens is 4. The fraction of sp³-hybridized carbons (Fsp3) is 0.647. The molecule has 1 N–H and O–H groups in total. The summed E-state index contributed by atoms with van der Waals surface area (Å²) < 4.78 is 9.74. The average molecular weight is 317 g/mol. The predicted octanol–water partition coefficient (Wildman–Crippen LogP) is 2.38. The molecule has 1 aliphatic heterocycles. The van der Waals surface area contributed by atoms with Gasteiger partial charge in [0.05, 0.1) is 12.2 Å². The Hall–Kier alpha value is -1.66. The van der Waals surface area contributed by atoms with E-state index in [-0.39, 0.29) is 6.04 Å². The number of imidazole rings is 1. The van der Waals surface area contributed by atoms with E-state index in [2.05, 4.69) is 46.2 Å². The van der Waals surface area contributed by atoms with E-state index in [0.29, 0.717) is 5.92 Å². The number of nitrogens with one attached hydrogen (secondary N) is 1. The van der Waals surface area contributed by atoms with Crippen molar-refractivity contribution < 1.29 is 4.74 Å². The molecule has 0 amide bonds. The van der Waals surface area contributed by atoms with Gasteiger partial charge in [-0.15, -0.1) is 0 Å². The Bertz CT molecular complexity index is 600. The topological polar surface area (TPSA) is 56.9 Å². The summed E-state index contributed by atoms with van der Waals surface area (Å²) in [5, 5.41) is 8.09. The molecule has 0 aromatic carbocycles. The lowest BCUT2D eigenvalue weighted by Crippen LogP contribution is -2.33. The molecule has 1 atom stereocenters. The lowest BCUT2D eigenvalue weighted by molar-refractivity contribution is 0.0517. The Kier molecular flexibility index (Phi) is 5.46. The van der Waals surface area contributed by atoms with Gasteiger partial charge in [0.1, 0.15) is 5.82 Å². The van der Waals surface area contributed by atoms with E-state index in [1.165, 1.54) is 5.56 Å². The van der Waals surface area contributed by atoms with Gasteiger partial charge in [-0.1, -0.05) is 0 Å². The highest BCUT2D eigenvalue weighted by Gasteiger charge is 2.28. The second kappa shape index (κ2) is 7.75. The van der Waals surface area contributed by atoms with Crippen molar-refractivity contribution in [3.8, 4) is 0 Å². The highest BCUT2D eigenvalue weighted by atomic mass is 16.5. The summed E-state index contributed by atoms with van der Waals surface area (Å²) in [5.74, 6) is 1.71. The van der Waals surface area contributed by atoms with Crippen molar-refractivity contribution >= 4 is 0 Å². The molecule has 6 nitrogen and oxygen atoms in total. The molecule has 3 rings (SSSR count). The molecular weight excluding hydrogens is 290 g/mol. The molecule has 1 fully saturated rings. The van der Waals surface area contributed by atoms with Crippen molar-refractivity contribution in [2.75, 3.05) is 13.2 Å². The van der Waals surface area contributed by atoms with E-state index in [1.54, 1.807) is 0 Å². The van der Waals surface area contributed by atoms with Gasteiger partial charge in [0.15, 0.2) is 0 Å². The van der Waals surface area contributed by atoms with Gasteiger partial charge in [-0.05, 0) is 32.6 Å². The second-order valence-corrected chi connectivity index (χ2v) is 6.08. The minimum atomic E-state index is 0.263. The molecule has 1 aliphatic rings. The van der Waals surface area contributed by atoms with Crippen molar-refractivity contribution in [1.82, 2.24) is 24.6 Å². The zero-order valence-corrected chi connectivity index (χ0v) is 14.1. The van der Waals surface area contributed by atoms with E-state index < -0.39 is 0 Å². The van der Waals surface area contributed by atoms with E-state index in [9.17, 15) is 0 Å². The third-order valence-electron chi connectivity index (χ3n) is 4.64. The SMILES string of the molecule is CCn1cc(CNC(c2nccn2CC)C2CCOCC2)cn1. The number of hydrogen-bond acceptors (Lipinski definition) is 4. The summed E-state index contributed by atoms with van der Waals surface area (Å²) in [7, 11) is 0. The van der Waals surface area contributed by atoms with Crippen LogP contribution < -0.4 is 5.32 Å². The van der Waals surface area contributed by atoms with Crippen LogP contribution in [0, 0.1) is 5.92 Å². The molecule has 126 valence electrons. The highest BCUT2D eigenvalue weighted by Crippen LogP contribution is 2.29. The van der Waals surface area contributed by atoms with Gasteiger partial charge in [-0.3, -0.25) is 4.68 Å². The van der Waals surface area contributed by atoms with Gasteiger partial charge >= 0.3 is 0 Å². The van der Waals surface area contributed by atoms with Crippen molar-refractivity contribution in [3.05, 3.63) is 36.2 Å².